The normalized spacial score (nSPS) is 50.0. The highest BCUT2D eigenvalue weighted by molar-refractivity contribution is 9.09. The highest BCUT2D eigenvalue weighted by Gasteiger charge is 2.61. The molecule has 0 N–H and O–H groups in total. The molecule has 132 valence electrons. The van der Waals surface area contributed by atoms with E-state index in [2.05, 4.69) is 43.6 Å². The Morgan fingerprint density at radius 3 is 2.42 bits per heavy atom. The smallest absolute Gasteiger partial charge is 0.161 e. The zero-order valence-corrected chi connectivity index (χ0v) is 16.9. The summed E-state index contributed by atoms with van der Waals surface area (Å²) in [4.78, 5) is 25.4. The molecule has 4 rings (SSSR count). The first-order valence-corrected chi connectivity index (χ1v) is 10.4. The number of hydrogen-bond acceptors (Lipinski definition) is 2. The molecular weight excluding hydrogens is 364 g/mol. The molecule has 0 unspecified atom stereocenters. The molecule has 0 spiro atoms. The van der Waals surface area contributed by atoms with Crippen molar-refractivity contribution < 1.29 is 9.59 Å². The summed E-state index contributed by atoms with van der Waals surface area (Å²) >= 11 is 3.92. The van der Waals surface area contributed by atoms with Crippen molar-refractivity contribution >= 4 is 27.5 Å². The summed E-state index contributed by atoms with van der Waals surface area (Å²) in [5, 5.41) is 0. The van der Waals surface area contributed by atoms with Crippen LogP contribution in [-0.2, 0) is 9.59 Å². The third-order valence-electron chi connectivity index (χ3n) is 8.20. The molecule has 0 aromatic rings. The Balaban J connectivity index is 1.77. The van der Waals surface area contributed by atoms with Crippen LogP contribution in [-0.4, -0.2) is 16.4 Å². The van der Waals surface area contributed by atoms with Crippen LogP contribution < -0.4 is 0 Å². The number of ketones is 2. The minimum Gasteiger partial charge on any atom is -0.299 e. The Bertz CT molecular complexity index is 648. The molecule has 0 aliphatic heterocycles. The molecule has 3 heteroatoms. The standard InChI is InChI=1S/C21H29BrO2/c1-19(2)11-21(4)14-7-8-20(3)13(5-6-17(20)23)12(14)9-16(22)15(21)10-18(19)24/h10,12-14,16H,5-9,11H2,1-4H3/t12-,13-,14-,16+,20-,21+/m0/s1. The van der Waals surface area contributed by atoms with E-state index >= 15 is 0 Å². The molecule has 0 aromatic heterocycles. The molecule has 6 atom stereocenters. The molecule has 0 saturated heterocycles. The molecule has 0 amide bonds. The van der Waals surface area contributed by atoms with Crippen LogP contribution in [0.2, 0.25) is 0 Å². The minimum atomic E-state index is -0.265. The third kappa shape index (κ3) is 2.06. The highest BCUT2D eigenvalue weighted by Crippen LogP contribution is 2.66. The summed E-state index contributed by atoms with van der Waals surface area (Å²) in [6.45, 7) is 8.84. The fourth-order valence-corrected chi connectivity index (χ4v) is 8.03. The molecular formula is C21H29BrO2. The lowest BCUT2D eigenvalue weighted by molar-refractivity contribution is -0.134. The van der Waals surface area contributed by atoms with E-state index in [9.17, 15) is 9.59 Å². The topological polar surface area (TPSA) is 34.1 Å². The van der Waals surface area contributed by atoms with Gasteiger partial charge in [0.1, 0.15) is 5.78 Å². The molecule has 24 heavy (non-hydrogen) atoms. The van der Waals surface area contributed by atoms with Crippen molar-refractivity contribution in [2.75, 3.05) is 0 Å². The van der Waals surface area contributed by atoms with Gasteiger partial charge in [0.2, 0.25) is 0 Å². The number of carbonyl (C=O) groups is 2. The summed E-state index contributed by atoms with van der Waals surface area (Å²) in [5.41, 5.74) is 1.09. The largest absolute Gasteiger partial charge is 0.299 e. The summed E-state index contributed by atoms with van der Waals surface area (Å²) in [7, 11) is 0. The van der Waals surface area contributed by atoms with E-state index in [1.165, 1.54) is 5.57 Å². The van der Waals surface area contributed by atoms with Crippen LogP contribution in [0.5, 0.6) is 0 Å². The Labute approximate surface area is 154 Å². The lowest BCUT2D eigenvalue weighted by atomic mass is 9.45. The number of Topliss-reactive ketones (excluding diaryl/α,β-unsaturated/α-hetero) is 1. The summed E-state index contributed by atoms with van der Waals surface area (Å²) in [6, 6.07) is 0. The Kier molecular flexibility index (Phi) is 3.58. The van der Waals surface area contributed by atoms with Crippen molar-refractivity contribution in [1.29, 1.82) is 0 Å². The Hall–Kier alpha value is -0.440. The lowest BCUT2D eigenvalue weighted by Crippen LogP contribution is -2.55. The Morgan fingerprint density at radius 1 is 1.04 bits per heavy atom. The zero-order valence-electron chi connectivity index (χ0n) is 15.3. The van der Waals surface area contributed by atoms with E-state index in [-0.39, 0.29) is 22.0 Å². The van der Waals surface area contributed by atoms with Gasteiger partial charge >= 0.3 is 0 Å². The molecule has 3 saturated carbocycles. The third-order valence-corrected chi connectivity index (χ3v) is 9.07. The van der Waals surface area contributed by atoms with Gasteiger partial charge < -0.3 is 0 Å². The molecule has 4 aliphatic rings. The zero-order chi connectivity index (χ0) is 17.5. The number of hydrogen-bond donors (Lipinski definition) is 0. The first kappa shape index (κ1) is 17.0. The second-order valence-electron chi connectivity index (χ2n) is 9.94. The maximum absolute atomic E-state index is 12.6. The van der Waals surface area contributed by atoms with Crippen LogP contribution in [0.4, 0.5) is 0 Å². The van der Waals surface area contributed by atoms with E-state index < -0.39 is 0 Å². The predicted octanol–water partition coefficient (Wildman–Crippen LogP) is 5.10. The SMILES string of the molecule is CC1(C)C[C@@]2(C)C(=CC1=O)[C@H](Br)C[C@@H]1[C@@H]2CC[C@]2(C)C(=O)CC[C@@H]12. The van der Waals surface area contributed by atoms with Crippen molar-refractivity contribution in [1.82, 2.24) is 0 Å². The van der Waals surface area contributed by atoms with E-state index in [0.717, 1.165) is 38.5 Å². The van der Waals surface area contributed by atoms with Gasteiger partial charge in [0.05, 0.1) is 0 Å². The quantitative estimate of drug-likeness (QED) is 0.537. The van der Waals surface area contributed by atoms with E-state index in [1.54, 1.807) is 0 Å². The van der Waals surface area contributed by atoms with Crippen molar-refractivity contribution in [2.24, 2.45) is 34.0 Å². The van der Waals surface area contributed by atoms with Gasteiger partial charge in [-0.1, -0.05) is 43.6 Å². The van der Waals surface area contributed by atoms with Crippen molar-refractivity contribution in [3.8, 4) is 0 Å². The number of carbonyl (C=O) groups excluding carboxylic acids is 2. The summed E-state index contributed by atoms with van der Waals surface area (Å²) < 4.78 is 0. The first-order valence-electron chi connectivity index (χ1n) is 9.53. The molecule has 0 heterocycles. The van der Waals surface area contributed by atoms with Crippen molar-refractivity contribution in [3.05, 3.63) is 11.6 Å². The van der Waals surface area contributed by atoms with Gasteiger partial charge in [0, 0.05) is 22.1 Å². The van der Waals surface area contributed by atoms with E-state index in [4.69, 9.17) is 0 Å². The van der Waals surface area contributed by atoms with Crippen LogP contribution in [0.25, 0.3) is 0 Å². The van der Waals surface area contributed by atoms with Crippen molar-refractivity contribution in [3.63, 3.8) is 0 Å². The van der Waals surface area contributed by atoms with Gasteiger partial charge in [-0.2, -0.15) is 0 Å². The molecule has 3 fully saturated rings. The maximum atomic E-state index is 12.6. The van der Waals surface area contributed by atoms with Crippen LogP contribution in [0.15, 0.2) is 11.6 Å². The minimum absolute atomic E-state index is 0.0779. The second-order valence-corrected chi connectivity index (χ2v) is 11.0. The van der Waals surface area contributed by atoms with Crippen LogP contribution in [0, 0.1) is 34.0 Å². The number of fused-ring (bicyclic) bond motifs is 5. The number of halogens is 1. The first-order chi connectivity index (χ1) is 11.1. The predicted molar refractivity (Wildman–Crippen MR) is 99.0 cm³/mol. The number of rotatable bonds is 0. The van der Waals surface area contributed by atoms with Crippen molar-refractivity contribution in [2.45, 2.75) is 71.0 Å². The average molecular weight is 393 g/mol. The van der Waals surface area contributed by atoms with E-state index in [1.807, 2.05) is 6.08 Å². The fraction of sp³-hybridized carbons (Fsp3) is 0.810. The number of alkyl halides is 1. The summed E-state index contributed by atoms with van der Waals surface area (Å²) in [5.74, 6) is 2.57. The average Bonchev–Trinajstić information content (AvgIpc) is 2.78. The van der Waals surface area contributed by atoms with E-state index in [0.29, 0.717) is 28.4 Å². The van der Waals surface area contributed by atoms with Gasteiger partial charge in [0.25, 0.3) is 0 Å². The van der Waals surface area contributed by atoms with Gasteiger partial charge in [-0.3, -0.25) is 9.59 Å². The molecule has 0 bridgehead atoms. The van der Waals surface area contributed by atoms with Crippen LogP contribution in [0.3, 0.4) is 0 Å². The van der Waals surface area contributed by atoms with Gasteiger partial charge in [-0.25, -0.2) is 0 Å². The van der Waals surface area contributed by atoms with Crippen LogP contribution >= 0.6 is 15.9 Å². The second kappa shape index (κ2) is 5.05. The monoisotopic (exact) mass is 392 g/mol. The van der Waals surface area contributed by atoms with Gasteiger partial charge in [-0.15, -0.1) is 0 Å². The van der Waals surface area contributed by atoms with Crippen LogP contribution in [0.1, 0.15) is 66.2 Å². The molecule has 0 radical (unpaired) electrons. The van der Waals surface area contributed by atoms with Gasteiger partial charge in [0.15, 0.2) is 5.78 Å². The fourth-order valence-electron chi connectivity index (χ4n) is 6.95. The molecule has 2 nitrogen and oxygen atoms in total. The molecule has 0 aromatic carbocycles. The van der Waals surface area contributed by atoms with Gasteiger partial charge in [-0.05, 0) is 66.9 Å². The summed E-state index contributed by atoms with van der Waals surface area (Å²) in [6.07, 6.45) is 8.04. The Morgan fingerprint density at radius 2 is 1.71 bits per heavy atom. The number of allylic oxidation sites excluding steroid dienone is 1. The lowest BCUT2D eigenvalue weighted by Gasteiger charge is -2.59. The maximum Gasteiger partial charge on any atom is 0.161 e. The highest BCUT2D eigenvalue weighted by atomic mass is 79.9. The molecule has 4 aliphatic carbocycles.